The minimum Gasteiger partial charge on any atom is -0.444 e. The van der Waals surface area contributed by atoms with Crippen molar-refractivity contribution >= 4 is 0 Å². The lowest BCUT2D eigenvalue weighted by atomic mass is 10.1. The molecule has 0 saturated heterocycles. The lowest BCUT2D eigenvalue weighted by molar-refractivity contribution is 0.430. The smallest absolute Gasteiger partial charge is 0.211 e. The molecule has 0 aliphatic heterocycles. The Hall–Kier alpha value is -1.61. The highest BCUT2D eigenvalue weighted by Gasteiger charge is 2.14. The van der Waals surface area contributed by atoms with E-state index < -0.39 is 0 Å². The molecule has 0 amide bonds. The summed E-state index contributed by atoms with van der Waals surface area (Å²) in [5.41, 5.74) is 8.17. The zero-order valence-electron chi connectivity index (χ0n) is 9.60. The minimum atomic E-state index is -0.171. The average molecular weight is 216 g/mol. The topological polar surface area (TPSA) is 52.0 Å². The zero-order valence-corrected chi connectivity index (χ0v) is 9.60. The number of nitrogens with zero attached hydrogens (tertiary/aromatic N) is 1. The number of nitrogens with two attached hydrogens (primary N) is 1. The van der Waals surface area contributed by atoms with E-state index in [2.05, 4.69) is 17.1 Å². The van der Waals surface area contributed by atoms with Crippen molar-refractivity contribution in [1.29, 1.82) is 0 Å². The van der Waals surface area contributed by atoms with Crippen LogP contribution in [0.5, 0.6) is 0 Å². The van der Waals surface area contributed by atoms with Crippen LogP contribution in [0.15, 0.2) is 34.7 Å². The molecule has 0 bridgehead atoms. The fourth-order valence-electron chi connectivity index (χ4n) is 1.61. The highest BCUT2D eigenvalue weighted by molar-refractivity contribution is 5.17. The van der Waals surface area contributed by atoms with Crippen molar-refractivity contribution in [3.8, 4) is 0 Å². The SMILES string of the molecule is Cc1nc(C(N)Cc2ccccc2)oc1C. The number of hydrogen-bond donors (Lipinski definition) is 1. The molecule has 2 N–H and O–H groups in total. The van der Waals surface area contributed by atoms with Crippen LogP contribution in [-0.2, 0) is 6.42 Å². The molecule has 16 heavy (non-hydrogen) atoms. The van der Waals surface area contributed by atoms with Crippen molar-refractivity contribution in [2.24, 2.45) is 5.73 Å². The summed E-state index contributed by atoms with van der Waals surface area (Å²) < 4.78 is 5.51. The Kier molecular flexibility index (Phi) is 3.06. The van der Waals surface area contributed by atoms with Crippen molar-refractivity contribution < 1.29 is 4.42 Å². The molecule has 1 heterocycles. The maximum Gasteiger partial charge on any atom is 0.211 e. The van der Waals surface area contributed by atoms with E-state index in [0.717, 1.165) is 17.9 Å². The first-order valence-corrected chi connectivity index (χ1v) is 5.40. The predicted octanol–water partition coefficient (Wildman–Crippen LogP) is 2.53. The maximum atomic E-state index is 6.05. The highest BCUT2D eigenvalue weighted by atomic mass is 16.4. The zero-order chi connectivity index (χ0) is 11.5. The summed E-state index contributed by atoms with van der Waals surface area (Å²) in [7, 11) is 0. The van der Waals surface area contributed by atoms with Crippen LogP contribution in [0.25, 0.3) is 0 Å². The van der Waals surface area contributed by atoms with E-state index in [-0.39, 0.29) is 6.04 Å². The molecule has 0 fully saturated rings. The van der Waals surface area contributed by atoms with Gasteiger partial charge in [-0.25, -0.2) is 4.98 Å². The van der Waals surface area contributed by atoms with Crippen molar-refractivity contribution in [3.63, 3.8) is 0 Å². The second-order valence-electron chi connectivity index (χ2n) is 3.99. The van der Waals surface area contributed by atoms with Crippen LogP contribution >= 0.6 is 0 Å². The molecule has 1 unspecified atom stereocenters. The molecule has 3 nitrogen and oxygen atoms in total. The summed E-state index contributed by atoms with van der Waals surface area (Å²) >= 11 is 0. The van der Waals surface area contributed by atoms with E-state index in [1.165, 1.54) is 5.56 Å². The second-order valence-corrected chi connectivity index (χ2v) is 3.99. The number of hydrogen-bond acceptors (Lipinski definition) is 3. The molecule has 1 aromatic carbocycles. The van der Waals surface area contributed by atoms with Crippen molar-refractivity contribution in [1.82, 2.24) is 4.98 Å². The van der Waals surface area contributed by atoms with Gasteiger partial charge in [0, 0.05) is 0 Å². The number of oxazole rings is 1. The van der Waals surface area contributed by atoms with Crippen LogP contribution < -0.4 is 5.73 Å². The van der Waals surface area contributed by atoms with Crippen molar-refractivity contribution in [3.05, 3.63) is 53.2 Å². The van der Waals surface area contributed by atoms with Crippen LogP contribution in [0.2, 0.25) is 0 Å². The van der Waals surface area contributed by atoms with Gasteiger partial charge in [0.25, 0.3) is 0 Å². The fraction of sp³-hybridized carbons (Fsp3) is 0.308. The molecule has 0 radical (unpaired) electrons. The van der Waals surface area contributed by atoms with Crippen LogP contribution in [0, 0.1) is 13.8 Å². The Balaban J connectivity index is 2.11. The molecule has 2 aromatic rings. The van der Waals surface area contributed by atoms with Crippen LogP contribution in [0.3, 0.4) is 0 Å². The standard InChI is InChI=1S/C13H16N2O/c1-9-10(2)16-13(15-9)12(14)8-11-6-4-3-5-7-11/h3-7,12H,8,14H2,1-2H3. The first-order chi connectivity index (χ1) is 7.66. The van der Waals surface area contributed by atoms with Crippen LogP contribution in [0.1, 0.15) is 29.0 Å². The molecule has 0 aliphatic carbocycles. The molecule has 2 rings (SSSR count). The Morgan fingerprint density at radius 1 is 1.25 bits per heavy atom. The van der Waals surface area contributed by atoms with E-state index in [0.29, 0.717) is 5.89 Å². The quantitative estimate of drug-likeness (QED) is 0.857. The van der Waals surface area contributed by atoms with Crippen molar-refractivity contribution in [2.75, 3.05) is 0 Å². The summed E-state index contributed by atoms with van der Waals surface area (Å²) in [5, 5.41) is 0. The molecule has 3 heteroatoms. The van der Waals surface area contributed by atoms with Gasteiger partial charge in [-0.15, -0.1) is 0 Å². The Bertz CT molecular complexity index is 443. The summed E-state index contributed by atoms with van der Waals surface area (Å²) in [6.07, 6.45) is 0.750. The van der Waals surface area contributed by atoms with Crippen LogP contribution in [-0.4, -0.2) is 4.98 Å². The van der Waals surface area contributed by atoms with Gasteiger partial charge >= 0.3 is 0 Å². The summed E-state index contributed by atoms with van der Waals surface area (Å²) in [5.74, 6) is 1.47. The molecule has 1 aromatic heterocycles. The van der Waals surface area contributed by atoms with Gasteiger partial charge in [0.2, 0.25) is 5.89 Å². The van der Waals surface area contributed by atoms with Gasteiger partial charge in [0.1, 0.15) is 5.76 Å². The van der Waals surface area contributed by atoms with E-state index in [1.807, 2.05) is 32.0 Å². The minimum absolute atomic E-state index is 0.171. The van der Waals surface area contributed by atoms with Gasteiger partial charge in [-0.05, 0) is 25.8 Å². The van der Waals surface area contributed by atoms with Crippen molar-refractivity contribution in [2.45, 2.75) is 26.3 Å². The second kappa shape index (κ2) is 4.49. The van der Waals surface area contributed by atoms with Gasteiger partial charge in [-0.2, -0.15) is 0 Å². The normalized spacial score (nSPS) is 12.7. The molecule has 0 aliphatic rings. The Labute approximate surface area is 95.3 Å². The molecule has 0 spiro atoms. The molecule has 1 atom stereocenters. The Morgan fingerprint density at radius 2 is 1.94 bits per heavy atom. The van der Waals surface area contributed by atoms with Crippen LogP contribution in [0.4, 0.5) is 0 Å². The van der Waals surface area contributed by atoms with E-state index in [1.54, 1.807) is 0 Å². The Morgan fingerprint density at radius 3 is 2.50 bits per heavy atom. The largest absolute Gasteiger partial charge is 0.444 e. The lowest BCUT2D eigenvalue weighted by Gasteiger charge is -2.06. The number of aromatic nitrogens is 1. The summed E-state index contributed by atoms with van der Waals surface area (Å²) in [4.78, 5) is 4.31. The van der Waals surface area contributed by atoms with Gasteiger partial charge in [0.05, 0.1) is 11.7 Å². The van der Waals surface area contributed by atoms with Gasteiger partial charge in [0.15, 0.2) is 0 Å². The van der Waals surface area contributed by atoms with E-state index in [4.69, 9.17) is 10.2 Å². The average Bonchev–Trinajstić information content (AvgIpc) is 2.61. The highest BCUT2D eigenvalue weighted by Crippen LogP contribution is 2.17. The number of benzene rings is 1. The van der Waals surface area contributed by atoms with Gasteiger partial charge in [-0.1, -0.05) is 30.3 Å². The first-order valence-electron chi connectivity index (χ1n) is 5.40. The number of aryl methyl sites for hydroxylation is 2. The third-order valence-corrected chi connectivity index (χ3v) is 2.66. The monoisotopic (exact) mass is 216 g/mol. The summed E-state index contributed by atoms with van der Waals surface area (Å²) in [6, 6.07) is 9.96. The van der Waals surface area contributed by atoms with E-state index in [9.17, 15) is 0 Å². The third-order valence-electron chi connectivity index (χ3n) is 2.66. The number of rotatable bonds is 3. The first kappa shape index (κ1) is 10.9. The maximum absolute atomic E-state index is 6.05. The van der Waals surface area contributed by atoms with Gasteiger partial charge in [-0.3, -0.25) is 0 Å². The molecule has 0 saturated carbocycles. The third kappa shape index (κ3) is 2.31. The fourth-order valence-corrected chi connectivity index (χ4v) is 1.61. The molecule has 84 valence electrons. The molecular weight excluding hydrogens is 200 g/mol. The summed E-state index contributed by atoms with van der Waals surface area (Å²) in [6.45, 7) is 3.83. The van der Waals surface area contributed by atoms with E-state index >= 15 is 0 Å². The predicted molar refractivity (Wildman–Crippen MR) is 63.1 cm³/mol. The lowest BCUT2D eigenvalue weighted by Crippen LogP contribution is -2.13. The van der Waals surface area contributed by atoms with Gasteiger partial charge < -0.3 is 10.2 Å². The molecular formula is C13H16N2O.